The summed E-state index contributed by atoms with van der Waals surface area (Å²) >= 11 is 0. The minimum absolute atomic E-state index is 0.118. The van der Waals surface area contributed by atoms with Crippen molar-refractivity contribution in [3.05, 3.63) is 59.2 Å². The van der Waals surface area contributed by atoms with Crippen LogP contribution in [0.3, 0.4) is 0 Å². The minimum atomic E-state index is -3.85. The molecule has 1 aromatic carbocycles. The van der Waals surface area contributed by atoms with Crippen LogP contribution < -0.4 is 20.5 Å². The fraction of sp³-hybridized carbons (Fsp3) is 0.300. The molecule has 172 valence electrons. The molecule has 2 rings (SSSR count). The Kier molecular flexibility index (Phi) is 8.79. The molecule has 0 saturated carbocycles. The molecule has 0 bridgehead atoms. The van der Waals surface area contributed by atoms with Gasteiger partial charge in [-0.25, -0.2) is 22.5 Å². The van der Waals surface area contributed by atoms with Gasteiger partial charge in [0.1, 0.15) is 12.4 Å². The zero-order valence-corrected chi connectivity index (χ0v) is 18.1. The summed E-state index contributed by atoms with van der Waals surface area (Å²) in [5.74, 6) is -3.49. The summed E-state index contributed by atoms with van der Waals surface area (Å²) in [6, 6.07) is 6.47. The van der Waals surface area contributed by atoms with E-state index in [9.17, 15) is 27.2 Å². The second kappa shape index (κ2) is 11.3. The van der Waals surface area contributed by atoms with E-state index in [1.54, 1.807) is 0 Å². The Balaban J connectivity index is 2.30. The van der Waals surface area contributed by atoms with Crippen LogP contribution in [0.15, 0.2) is 36.5 Å². The van der Waals surface area contributed by atoms with Gasteiger partial charge in [-0.15, -0.1) is 0 Å². The highest BCUT2D eigenvalue weighted by Crippen LogP contribution is 2.20. The van der Waals surface area contributed by atoms with E-state index in [2.05, 4.69) is 4.98 Å². The van der Waals surface area contributed by atoms with Gasteiger partial charge in [-0.3, -0.25) is 19.7 Å². The van der Waals surface area contributed by atoms with Crippen LogP contribution in [0, 0.1) is 5.82 Å². The van der Waals surface area contributed by atoms with E-state index in [-0.39, 0.29) is 29.4 Å². The minimum Gasteiger partial charge on any atom is -0.486 e. The molecule has 0 aliphatic carbocycles. The Morgan fingerprint density at radius 3 is 2.47 bits per heavy atom. The lowest BCUT2D eigenvalue weighted by atomic mass is 10.2. The number of amides is 3. The fourth-order valence-corrected chi connectivity index (χ4v) is 3.58. The Labute approximate surface area is 184 Å². The summed E-state index contributed by atoms with van der Waals surface area (Å²) in [4.78, 5) is 40.0. The Morgan fingerprint density at radius 1 is 1.16 bits per heavy atom. The number of benzene rings is 1. The first-order chi connectivity index (χ1) is 15.1. The molecule has 0 atom stereocenters. The number of nitrogens with zero attached hydrogens (tertiary/aromatic N) is 1. The quantitative estimate of drug-likeness (QED) is 0.465. The molecular formula is C20H23FN4O6S. The number of hydrogen-bond donors (Lipinski definition) is 3. The fourth-order valence-electron chi connectivity index (χ4n) is 2.41. The van der Waals surface area contributed by atoms with Gasteiger partial charge in [0.15, 0.2) is 11.4 Å². The average molecular weight is 466 g/mol. The molecule has 0 aliphatic rings. The zero-order chi connectivity index (χ0) is 23.7. The number of hydrogen-bond acceptors (Lipinski definition) is 8. The summed E-state index contributed by atoms with van der Waals surface area (Å²) in [6.45, 7) is 1.26. The van der Waals surface area contributed by atoms with Crippen LogP contribution in [-0.2, 0) is 21.4 Å². The number of aromatic nitrogens is 1. The number of rotatable bonds is 10. The van der Waals surface area contributed by atoms with Crippen molar-refractivity contribution in [3.8, 4) is 5.75 Å². The van der Waals surface area contributed by atoms with E-state index in [0.717, 1.165) is 12.3 Å². The first-order valence-electron chi connectivity index (χ1n) is 9.61. The van der Waals surface area contributed by atoms with Crippen molar-refractivity contribution in [1.29, 1.82) is 0 Å². The monoisotopic (exact) mass is 466 g/mol. The van der Waals surface area contributed by atoms with Crippen molar-refractivity contribution in [1.82, 2.24) is 15.0 Å². The third-order valence-electron chi connectivity index (χ3n) is 4.09. The molecule has 10 nitrogen and oxygen atoms in total. The number of ether oxygens (including phenoxy) is 1. The lowest BCUT2D eigenvalue weighted by Gasteiger charge is -2.13. The summed E-state index contributed by atoms with van der Waals surface area (Å²) in [6.07, 6.45) is 1.99. The maximum atomic E-state index is 13.1. The van der Waals surface area contributed by atoms with Gasteiger partial charge in [0.05, 0.1) is 17.9 Å². The van der Waals surface area contributed by atoms with E-state index < -0.39 is 40.1 Å². The highest BCUT2D eigenvalue weighted by atomic mass is 32.2. The van der Waals surface area contributed by atoms with Gasteiger partial charge in [-0.1, -0.05) is 25.5 Å². The maximum Gasteiger partial charge on any atom is 0.280 e. The number of nitrogens with one attached hydrogen (secondary N) is 2. The van der Waals surface area contributed by atoms with Crippen molar-refractivity contribution < 1.29 is 31.9 Å². The van der Waals surface area contributed by atoms with Gasteiger partial charge in [0, 0.05) is 6.20 Å². The molecule has 1 aromatic heterocycles. The predicted octanol–water partition coefficient (Wildman–Crippen LogP) is 0.875. The number of sulfonamides is 1. The number of unbranched alkanes of at least 4 members (excludes halogenated alkanes) is 1. The standard InChI is InChI=1S/C20H23FN4O6S/c1-2-3-8-32(29,30)25-19(27)14-9-16(31-12-13-4-6-15(21)7-5-13)18(23-11-14)20(28)24-17(26)10-22/h4-7,9,11H,2-3,8,10,12,22H2,1H3,(H,25,27)(H,24,26,28). The van der Waals surface area contributed by atoms with Crippen LogP contribution in [0.5, 0.6) is 5.75 Å². The molecule has 32 heavy (non-hydrogen) atoms. The molecule has 1 heterocycles. The summed E-state index contributed by atoms with van der Waals surface area (Å²) < 4.78 is 44.6. The third-order valence-corrected chi connectivity index (χ3v) is 5.41. The highest BCUT2D eigenvalue weighted by molar-refractivity contribution is 7.90. The van der Waals surface area contributed by atoms with Crippen molar-refractivity contribution in [2.45, 2.75) is 26.4 Å². The Hall–Kier alpha value is -3.38. The van der Waals surface area contributed by atoms with Gasteiger partial charge < -0.3 is 10.5 Å². The molecule has 0 radical (unpaired) electrons. The van der Waals surface area contributed by atoms with Crippen molar-refractivity contribution in [2.75, 3.05) is 12.3 Å². The number of nitrogens with two attached hydrogens (primary N) is 1. The molecule has 3 amide bonds. The van der Waals surface area contributed by atoms with E-state index >= 15 is 0 Å². The summed E-state index contributed by atoms with van der Waals surface area (Å²) in [5.41, 5.74) is 5.23. The van der Waals surface area contributed by atoms with Gasteiger partial charge in [0.25, 0.3) is 11.8 Å². The molecule has 2 aromatic rings. The normalized spacial score (nSPS) is 11.0. The Bertz CT molecular complexity index is 1090. The van der Waals surface area contributed by atoms with Gasteiger partial charge in [0.2, 0.25) is 15.9 Å². The van der Waals surface area contributed by atoms with E-state index in [0.29, 0.717) is 18.4 Å². The highest BCUT2D eigenvalue weighted by Gasteiger charge is 2.21. The van der Waals surface area contributed by atoms with E-state index in [1.165, 1.54) is 24.3 Å². The summed E-state index contributed by atoms with van der Waals surface area (Å²) in [5, 5.41) is 2.01. The first kappa shape index (κ1) is 24.9. The second-order valence-electron chi connectivity index (χ2n) is 6.67. The number of imide groups is 1. The van der Waals surface area contributed by atoms with Crippen molar-refractivity contribution >= 4 is 27.7 Å². The van der Waals surface area contributed by atoms with Crippen LogP contribution in [0.1, 0.15) is 46.2 Å². The molecule has 12 heteroatoms. The SMILES string of the molecule is CCCCS(=O)(=O)NC(=O)c1cnc(C(=O)NC(=O)CN)c(OCc2ccc(F)cc2)c1. The zero-order valence-electron chi connectivity index (χ0n) is 17.3. The maximum absolute atomic E-state index is 13.1. The van der Waals surface area contributed by atoms with Crippen LogP contribution in [0.25, 0.3) is 0 Å². The second-order valence-corrected chi connectivity index (χ2v) is 8.51. The molecule has 0 unspecified atom stereocenters. The van der Waals surface area contributed by atoms with Gasteiger partial charge in [-0.2, -0.15) is 0 Å². The molecule has 0 aliphatic heterocycles. The van der Waals surface area contributed by atoms with Crippen molar-refractivity contribution in [2.24, 2.45) is 5.73 Å². The number of halogens is 1. The predicted molar refractivity (Wildman–Crippen MR) is 113 cm³/mol. The van der Waals surface area contributed by atoms with E-state index in [4.69, 9.17) is 10.5 Å². The molecule has 0 spiro atoms. The molecule has 0 saturated heterocycles. The molecule has 0 fully saturated rings. The largest absolute Gasteiger partial charge is 0.486 e. The van der Waals surface area contributed by atoms with E-state index in [1.807, 2.05) is 17.0 Å². The lowest BCUT2D eigenvalue weighted by Crippen LogP contribution is -2.36. The number of pyridine rings is 1. The molecule has 4 N–H and O–H groups in total. The summed E-state index contributed by atoms with van der Waals surface area (Å²) in [7, 11) is -3.85. The lowest BCUT2D eigenvalue weighted by molar-refractivity contribution is -0.118. The van der Waals surface area contributed by atoms with Crippen molar-refractivity contribution in [3.63, 3.8) is 0 Å². The topological polar surface area (TPSA) is 158 Å². The molecular weight excluding hydrogens is 443 g/mol. The number of carbonyl (C=O) groups is 3. The van der Waals surface area contributed by atoms with Crippen LogP contribution in [0.4, 0.5) is 4.39 Å². The number of carbonyl (C=O) groups excluding carboxylic acids is 3. The van der Waals surface area contributed by atoms with Gasteiger partial charge >= 0.3 is 0 Å². The average Bonchev–Trinajstić information content (AvgIpc) is 2.76. The smallest absolute Gasteiger partial charge is 0.280 e. The Morgan fingerprint density at radius 2 is 1.84 bits per heavy atom. The first-order valence-corrected chi connectivity index (χ1v) is 11.3. The third kappa shape index (κ3) is 7.39. The van der Waals surface area contributed by atoms with Gasteiger partial charge in [-0.05, 0) is 30.2 Å². The van der Waals surface area contributed by atoms with Crippen LogP contribution in [-0.4, -0.2) is 43.4 Å². The van der Waals surface area contributed by atoms with Crippen LogP contribution >= 0.6 is 0 Å². The van der Waals surface area contributed by atoms with Crippen LogP contribution in [0.2, 0.25) is 0 Å².